The Labute approximate surface area is 128 Å². The van der Waals surface area contributed by atoms with Crippen LogP contribution in [-0.4, -0.2) is 79.5 Å². The van der Waals surface area contributed by atoms with Gasteiger partial charge in [0, 0.05) is 38.3 Å². The molecule has 0 radical (unpaired) electrons. The van der Waals surface area contributed by atoms with Crippen LogP contribution in [0.5, 0.6) is 0 Å². The van der Waals surface area contributed by atoms with Crippen LogP contribution in [0.25, 0.3) is 0 Å². The Morgan fingerprint density at radius 2 is 1.57 bits per heavy atom. The van der Waals surface area contributed by atoms with E-state index in [1.807, 2.05) is 4.90 Å². The summed E-state index contributed by atoms with van der Waals surface area (Å²) in [5.74, 6) is 0.183. The zero-order valence-electron chi connectivity index (χ0n) is 13.3. The maximum absolute atomic E-state index is 12.5. The molecule has 2 saturated heterocycles. The maximum Gasteiger partial charge on any atom is 0.237 e. The second-order valence-electron chi connectivity index (χ2n) is 6.37. The average molecular weight is 317 g/mol. The van der Waals surface area contributed by atoms with Gasteiger partial charge < -0.3 is 4.90 Å². The number of piperazine rings is 1. The number of likely N-dealkylation sites (tertiary alicyclic amines) is 1. The van der Waals surface area contributed by atoms with Crippen LogP contribution in [0, 0.1) is 0 Å². The van der Waals surface area contributed by atoms with E-state index in [9.17, 15) is 13.2 Å². The summed E-state index contributed by atoms with van der Waals surface area (Å²) >= 11 is 0. The van der Waals surface area contributed by atoms with Crippen molar-refractivity contribution in [3.8, 4) is 0 Å². The average Bonchev–Trinajstić information content (AvgIpc) is 2.38. The van der Waals surface area contributed by atoms with Crippen molar-refractivity contribution in [2.45, 2.75) is 45.2 Å². The Hall–Kier alpha value is -0.660. The molecule has 2 atom stereocenters. The van der Waals surface area contributed by atoms with Gasteiger partial charge in [0.25, 0.3) is 0 Å². The van der Waals surface area contributed by atoms with Crippen molar-refractivity contribution in [1.29, 1.82) is 0 Å². The molecule has 6 nitrogen and oxygen atoms in total. The third-order valence-electron chi connectivity index (χ3n) is 4.64. The summed E-state index contributed by atoms with van der Waals surface area (Å²) in [6.45, 7) is 6.88. The molecule has 2 rings (SSSR count). The van der Waals surface area contributed by atoms with E-state index >= 15 is 0 Å². The molecule has 0 aromatic rings. The first kappa shape index (κ1) is 16.7. The minimum Gasteiger partial charge on any atom is -0.336 e. The number of nitrogens with zero attached hydrogens (tertiary/aromatic N) is 3. The number of hydrogen-bond donors (Lipinski definition) is 0. The molecule has 2 fully saturated rings. The number of sulfonamides is 1. The molecule has 0 aromatic heterocycles. The lowest BCUT2D eigenvalue weighted by atomic mass is 9.97. The van der Waals surface area contributed by atoms with Gasteiger partial charge in [0.2, 0.25) is 15.9 Å². The molecule has 0 N–H and O–H groups in total. The molecule has 0 bridgehead atoms. The van der Waals surface area contributed by atoms with Crippen LogP contribution in [-0.2, 0) is 14.8 Å². The van der Waals surface area contributed by atoms with E-state index < -0.39 is 10.0 Å². The molecular formula is C14H27N3O3S. The summed E-state index contributed by atoms with van der Waals surface area (Å²) < 4.78 is 24.4. The maximum atomic E-state index is 12.5. The lowest BCUT2D eigenvalue weighted by Gasteiger charge is -2.41. The van der Waals surface area contributed by atoms with Crippen molar-refractivity contribution >= 4 is 15.9 Å². The first-order chi connectivity index (χ1) is 9.79. The van der Waals surface area contributed by atoms with Crippen LogP contribution in [0.15, 0.2) is 0 Å². The Morgan fingerprint density at radius 3 is 2.05 bits per heavy atom. The molecule has 1 amide bonds. The first-order valence-corrected chi connectivity index (χ1v) is 9.62. The normalized spacial score (nSPS) is 29.6. The van der Waals surface area contributed by atoms with Crippen LogP contribution in [0.4, 0.5) is 0 Å². The van der Waals surface area contributed by atoms with Crippen LogP contribution in [0.3, 0.4) is 0 Å². The zero-order chi connectivity index (χ0) is 15.6. The van der Waals surface area contributed by atoms with Gasteiger partial charge in [0.15, 0.2) is 0 Å². The largest absolute Gasteiger partial charge is 0.336 e. The van der Waals surface area contributed by atoms with E-state index in [0.29, 0.717) is 44.8 Å². The van der Waals surface area contributed by atoms with Crippen LogP contribution in [0.2, 0.25) is 0 Å². The molecule has 2 heterocycles. The fourth-order valence-corrected chi connectivity index (χ4v) is 4.23. The lowest BCUT2D eigenvalue weighted by molar-refractivity contribution is -0.138. The molecule has 0 spiro atoms. The second kappa shape index (κ2) is 6.62. The third kappa shape index (κ3) is 4.17. The minimum atomic E-state index is -3.10. The monoisotopic (exact) mass is 317 g/mol. The standard InChI is InChI=1S/C14H27N3O3S/c1-12-5-4-6-13(2)17(12)14(18)11-15-7-9-16(10-8-15)21(3,19)20/h12-13H,4-11H2,1-3H3. The van der Waals surface area contributed by atoms with E-state index in [2.05, 4.69) is 18.7 Å². The number of amides is 1. The molecule has 21 heavy (non-hydrogen) atoms. The van der Waals surface area contributed by atoms with Gasteiger partial charge >= 0.3 is 0 Å². The molecule has 0 aromatic carbocycles. The van der Waals surface area contributed by atoms with Gasteiger partial charge in [-0.05, 0) is 33.1 Å². The Kier molecular flexibility index (Phi) is 5.27. The molecule has 0 aliphatic carbocycles. The highest BCUT2D eigenvalue weighted by atomic mass is 32.2. The molecule has 2 aliphatic rings. The molecule has 122 valence electrons. The number of carbonyl (C=O) groups excluding carboxylic acids is 1. The van der Waals surface area contributed by atoms with Crippen molar-refractivity contribution in [2.75, 3.05) is 39.0 Å². The SMILES string of the molecule is CC1CCCC(C)N1C(=O)CN1CCN(S(C)(=O)=O)CC1. The van der Waals surface area contributed by atoms with Crippen LogP contribution in [0.1, 0.15) is 33.1 Å². The van der Waals surface area contributed by atoms with Crippen molar-refractivity contribution in [3.63, 3.8) is 0 Å². The Morgan fingerprint density at radius 1 is 1.05 bits per heavy atom. The predicted molar refractivity (Wildman–Crippen MR) is 82.5 cm³/mol. The van der Waals surface area contributed by atoms with Crippen LogP contribution >= 0.6 is 0 Å². The van der Waals surface area contributed by atoms with Gasteiger partial charge in [-0.1, -0.05) is 0 Å². The summed E-state index contributed by atoms with van der Waals surface area (Å²) in [6, 6.07) is 0.636. The van der Waals surface area contributed by atoms with E-state index in [1.165, 1.54) is 17.0 Å². The van der Waals surface area contributed by atoms with Gasteiger partial charge in [0.05, 0.1) is 12.8 Å². The Bertz CT molecular complexity index is 462. The minimum absolute atomic E-state index is 0.183. The topological polar surface area (TPSA) is 60.9 Å². The first-order valence-electron chi connectivity index (χ1n) is 7.77. The summed E-state index contributed by atoms with van der Waals surface area (Å²) in [5.41, 5.74) is 0. The smallest absolute Gasteiger partial charge is 0.237 e. The van der Waals surface area contributed by atoms with Gasteiger partial charge in [-0.15, -0.1) is 0 Å². The number of piperidine rings is 1. The van der Waals surface area contributed by atoms with Crippen molar-refractivity contribution in [2.24, 2.45) is 0 Å². The molecular weight excluding hydrogens is 290 g/mol. The third-order valence-corrected chi connectivity index (χ3v) is 5.94. The zero-order valence-corrected chi connectivity index (χ0v) is 14.1. The van der Waals surface area contributed by atoms with Gasteiger partial charge in [-0.25, -0.2) is 8.42 Å². The van der Waals surface area contributed by atoms with Crippen molar-refractivity contribution < 1.29 is 13.2 Å². The summed E-state index contributed by atoms with van der Waals surface area (Å²) in [5, 5.41) is 0. The lowest BCUT2D eigenvalue weighted by Crippen LogP contribution is -2.54. The van der Waals surface area contributed by atoms with Crippen LogP contribution < -0.4 is 0 Å². The number of hydrogen-bond acceptors (Lipinski definition) is 4. The van der Waals surface area contributed by atoms with Gasteiger partial charge in [-0.2, -0.15) is 4.31 Å². The van der Waals surface area contributed by atoms with E-state index in [-0.39, 0.29) is 5.91 Å². The molecule has 2 aliphatic heterocycles. The summed E-state index contributed by atoms with van der Waals surface area (Å²) in [7, 11) is -3.10. The van der Waals surface area contributed by atoms with Crippen molar-refractivity contribution in [3.05, 3.63) is 0 Å². The summed E-state index contributed by atoms with van der Waals surface area (Å²) in [4.78, 5) is 16.6. The second-order valence-corrected chi connectivity index (χ2v) is 8.35. The number of carbonyl (C=O) groups is 1. The quantitative estimate of drug-likeness (QED) is 0.754. The van der Waals surface area contributed by atoms with E-state index in [4.69, 9.17) is 0 Å². The fraction of sp³-hybridized carbons (Fsp3) is 0.929. The van der Waals surface area contributed by atoms with Crippen molar-refractivity contribution in [1.82, 2.24) is 14.1 Å². The van der Waals surface area contributed by atoms with E-state index in [1.54, 1.807) is 0 Å². The van der Waals surface area contributed by atoms with E-state index in [0.717, 1.165) is 12.8 Å². The number of rotatable bonds is 3. The highest BCUT2D eigenvalue weighted by molar-refractivity contribution is 7.88. The molecule has 7 heteroatoms. The fourth-order valence-electron chi connectivity index (χ4n) is 3.41. The summed E-state index contributed by atoms with van der Waals surface area (Å²) in [6.07, 6.45) is 4.60. The molecule has 2 unspecified atom stereocenters. The Balaban J connectivity index is 1.87. The van der Waals surface area contributed by atoms with Gasteiger partial charge in [-0.3, -0.25) is 9.69 Å². The van der Waals surface area contributed by atoms with Gasteiger partial charge in [0.1, 0.15) is 0 Å². The highest BCUT2D eigenvalue weighted by Crippen LogP contribution is 2.22. The molecule has 0 saturated carbocycles. The highest BCUT2D eigenvalue weighted by Gasteiger charge is 2.31. The predicted octanol–water partition coefficient (Wildman–Crippen LogP) is 0.353.